The zero-order valence-electron chi connectivity index (χ0n) is 8.37. The Hall–Kier alpha value is -0.900. The Labute approximate surface area is 83.7 Å². The van der Waals surface area contributed by atoms with Crippen LogP contribution in [0.15, 0.2) is 6.33 Å². The molecule has 1 aromatic rings. The summed E-state index contributed by atoms with van der Waals surface area (Å²) in [5.41, 5.74) is 0.347. The van der Waals surface area contributed by atoms with Crippen molar-refractivity contribution < 1.29 is 0 Å². The Balaban J connectivity index is 2.01. The number of hydrogen-bond donors (Lipinski definition) is 1. The van der Waals surface area contributed by atoms with Gasteiger partial charge in [0.25, 0.3) is 0 Å². The Morgan fingerprint density at radius 2 is 2.14 bits per heavy atom. The Morgan fingerprint density at radius 1 is 1.29 bits per heavy atom. The highest BCUT2D eigenvalue weighted by atomic mass is 15.3. The molecule has 0 radical (unpaired) electrons. The van der Waals surface area contributed by atoms with E-state index in [1.54, 1.807) is 0 Å². The maximum Gasteiger partial charge on any atom is 0.139 e. The van der Waals surface area contributed by atoms with Crippen LogP contribution in [0.2, 0.25) is 0 Å². The van der Waals surface area contributed by atoms with Crippen molar-refractivity contribution in [3.8, 4) is 0 Å². The van der Waals surface area contributed by atoms with E-state index in [9.17, 15) is 0 Å². The number of fused-ring (bicyclic) bond motifs is 2. The summed E-state index contributed by atoms with van der Waals surface area (Å²) in [6.45, 7) is 3.37. The van der Waals surface area contributed by atoms with Crippen LogP contribution in [-0.2, 0) is 12.0 Å². The van der Waals surface area contributed by atoms with Crippen LogP contribution in [0.3, 0.4) is 0 Å². The second-order valence-electron chi connectivity index (χ2n) is 4.48. The van der Waals surface area contributed by atoms with Gasteiger partial charge in [-0.1, -0.05) is 0 Å². The Morgan fingerprint density at radius 3 is 3.00 bits per heavy atom. The van der Waals surface area contributed by atoms with E-state index in [4.69, 9.17) is 0 Å². The van der Waals surface area contributed by atoms with E-state index in [1.165, 1.54) is 31.5 Å². The molecule has 4 heteroatoms. The minimum absolute atomic E-state index is 0.347. The number of hydrogen-bond acceptors (Lipinski definition) is 3. The van der Waals surface area contributed by atoms with E-state index in [-0.39, 0.29) is 0 Å². The summed E-state index contributed by atoms with van der Waals surface area (Å²) in [5.74, 6) is 1.24. The van der Waals surface area contributed by atoms with E-state index in [1.807, 2.05) is 6.33 Å². The van der Waals surface area contributed by atoms with Gasteiger partial charge in [0.2, 0.25) is 0 Å². The first-order valence-electron chi connectivity index (χ1n) is 5.50. The second kappa shape index (κ2) is 3.05. The van der Waals surface area contributed by atoms with Crippen molar-refractivity contribution in [3.05, 3.63) is 12.2 Å². The highest BCUT2D eigenvalue weighted by Gasteiger charge is 2.39. The maximum atomic E-state index is 4.32. The minimum atomic E-state index is 0.347. The molecule has 0 saturated carbocycles. The smallest absolute Gasteiger partial charge is 0.139 e. The topological polar surface area (TPSA) is 42.7 Å². The molecule has 76 valence electrons. The lowest BCUT2D eigenvalue weighted by atomic mass is 9.73. The van der Waals surface area contributed by atoms with Gasteiger partial charge < -0.3 is 9.88 Å². The van der Waals surface area contributed by atoms with E-state index >= 15 is 0 Å². The fraction of sp³-hybridized carbons (Fsp3) is 0.800. The third kappa shape index (κ3) is 1.10. The fourth-order valence-electron chi connectivity index (χ4n) is 2.91. The van der Waals surface area contributed by atoms with Gasteiger partial charge in [0.1, 0.15) is 12.2 Å². The zero-order chi connectivity index (χ0) is 9.43. The highest BCUT2D eigenvalue weighted by molar-refractivity contribution is 5.12. The van der Waals surface area contributed by atoms with Gasteiger partial charge in [-0.15, -0.1) is 10.2 Å². The quantitative estimate of drug-likeness (QED) is 0.657. The van der Waals surface area contributed by atoms with Crippen molar-refractivity contribution >= 4 is 0 Å². The molecule has 0 atom stereocenters. The molecule has 0 amide bonds. The standard InChI is InChI=1S/C10H16N4/c1-2-10(3-5-11-6-4-10)9-13-12-8-14(9)7-1/h8,11H,1-7H2. The summed E-state index contributed by atoms with van der Waals surface area (Å²) >= 11 is 0. The number of aryl methyl sites for hydroxylation is 1. The lowest BCUT2D eigenvalue weighted by Crippen LogP contribution is -2.43. The van der Waals surface area contributed by atoms with Gasteiger partial charge in [0.05, 0.1) is 0 Å². The van der Waals surface area contributed by atoms with Crippen LogP contribution in [0.25, 0.3) is 0 Å². The second-order valence-corrected chi connectivity index (χ2v) is 4.48. The van der Waals surface area contributed by atoms with Crippen LogP contribution >= 0.6 is 0 Å². The molecule has 0 aliphatic carbocycles. The fourth-order valence-corrected chi connectivity index (χ4v) is 2.91. The normalized spacial score (nSPS) is 24.9. The van der Waals surface area contributed by atoms with Crippen molar-refractivity contribution in [2.75, 3.05) is 13.1 Å². The molecule has 2 aliphatic rings. The maximum absolute atomic E-state index is 4.32. The SMILES string of the molecule is c1nnc2n1CCCC21CCNCC1. The molecule has 0 unspecified atom stereocenters. The molecule has 4 nitrogen and oxygen atoms in total. The van der Waals surface area contributed by atoms with E-state index in [2.05, 4.69) is 20.1 Å². The molecular formula is C10H16N4. The Bertz CT molecular complexity index is 325. The third-order valence-corrected chi connectivity index (χ3v) is 3.70. The van der Waals surface area contributed by atoms with Crippen LogP contribution in [0.4, 0.5) is 0 Å². The van der Waals surface area contributed by atoms with Crippen molar-refractivity contribution in [3.63, 3.8) is 0 Å². The predicted molar refractivity (Wildman–Crippen MR) is 53.0 cm³/mol. The number of rotatable bonds is 0. The molecule has 3 rings (SSSR count). The van der Waals surface area contributed by atoms with Crippen LogP contribution < -0.4 is 5.32 Å². The summed E-state index contributed by atoms with van der Waals surface area (Å²) in [5, 5.41) is 11.8. The first kappa shape index (κ1) is 8.41. The largest absolute Gasteiger partial charge is 0.317 e. The molecule has 1 fully saturated rings. The summed E-state index contributed by atoms with van der Waals surface area (Å²) in [4.78, 5) is 0. The molecule has 0 bridgehead atoms. The van der Waals surface area contributed by atoms with Crippen molar-refractivity contribution in [2.24, 2.45) is 0 Å². The van der Waals surface area contributed by atoms with Gasteiger partial charge in [-0.3, -0.25) is 0 Å². The monoisotopic (exact) mass is 192 g/mol. The molecule has 3 heterocycles. The van der Waals surface area contributed by atoms with Gasteiger partial charge in [-0.2, -0.15) is 0 Å². The van der Waals surface area contributed by atoms with E-state index in [0.717, 1.165) is 19.6 Å². The number of aromatic nitrogens is 3. The van der Waals surface area contributed by atoms with Crippen molar-refractivity contribution in [1.82, 2.24) is 20.1 Å². The number of piperidine rings is 1. The lowest BCUT2D eigenvalue weighted by Gasteiger charge is -2.39. The molecule has 1 aromatic heterocycles. The van der Waals surface area contributed by atoms with Crippen LogP contribution in [-0.4, -0.2) is 27.9 Å². The zero-order valence-corrected chi connectivity index (χ0v) is 8.37. The predicted octanol–water partition coefficient (Wildman–Crippen LogP) is 0.693. The minimum Gasteiger partial charge on any atom is -0.317 e. The van der Waals surface area contributed by atoms with Gasteiger partial charge in [0.15, 0.2) is 0 Å². The van der Waals surface area contributed by atoms with Crippen LogP contribution in [0.5, 0.6) is 0 Å². The van der Waals surface area contributed by atoms with Crippen molar-refractivity contribution in [1.29, 1.82) is 0 Å². The summed E-state index contributed by atoms with van der Waals surface area (Å²) in [6.07, 6.45) is 6.92. The average Bonchev–Trinajstić information content (AvgIpc) is 2.69. The highest BCUT2D eigenvalue weighted by Crippen LogP contribution is 2.39. The number of nitrogens with one attached hydrogen (secondary N) is 1. The van der Waals surface area contributed by atoms with Gasteiger partial charge in [0, 0.05) is 12.0 Å². The van der Waals surface area contributed by atoms with E-state index < -0.39 is 0 Å². The summed E-state index contributed by atoms with van der Waals surface area (Å²) < 4.78 is 2.24. The van der Waals surface area contributed by atoms with Crippen LogP contribution in [0, 0.1) is 0 Å². The summed E-state index contributed by atoms with van der Waals surface area (Å²) in [6, 6.07) is 0. The first-order valence-corrected chi connectivity index (χ1v) is 5.50. The Kier molecular flexibility index (Phi) is 1.83. The van der Waals surface area contributed by atoms with Crippen LogP contribution in [0.1, 0.15) is 31.5 Å². The lowest BCUT2D eigenvalue weighted by molar-refractivity contribution is 0.229. The molecule has 2 aliphatic heterocycles. The van der Waals surface area contributed by atoms with Gasteiger partial charge in [-0.05, 0) is 38.8 Å². The van der Waals surface area contributed by atoms with E-state index in [0.29, 0.717) is 5.41 Å². The van der Waals surface area contributed by atoms with Gasteiger partial charge >= 0.3 is 0 Å². The molecular weight excluding hydrogens is 176 g/mol. The summed E-state index contributed by atoms with van der Waals surface area (Å²) in [7, 11) is 0. The molecule has 0 aromatic carbocycles. The average molecular weight is 192 g/mol. The molecule has 1 N–H and O–H groups in total. The van der Waals surface area contributed by atoms with Gasteiger partial charge in [-0.25, -0.2) is 0 Å². The first-order chi connectivity index (χ1) is 6.91. The van der Waals surface area contributed by atoms with Crippen molar-refractivity contribution in [2.45, 2.75) is 37.6 Å². The molecule has 1 saturated heterocycles. The molecule has 14 heavy (non-hydrogen) atoms. The number of nitrogens with zero attached hydrogens (tertiary/aromatic N) is 3. The third-order valence-electron chi connectivity index (χ3n) is 3.70. The molecule has 1 spiro atoms.